The Morgan fingerprint density at radius 3 is 2.47 bits per heavy atom. The second kappa shape index (κ2) is 10.2. The summed E-state index contributed by atoms with van der Waals surface area (Å²) in [5.74, 6) is -3.99. The fraction of sp³-hybridized carbons (Fsp3) is 0.524. The second-order valence-electron chi connectivity index (χ2n) is 8.54. The highest BCUT2D eigenvalue weighted by Crippen LogP contribution is 2.39. The molecule has 0 bridgehead atoms. The number of aromatic amines is 1. The fourth-order valence-electron chi connectivity index (χ4n) is 4.79. The van der Waals surface area contributed by atoms with Gasteiger partial charge in [0.05, 0.1) is 27.9 Å². The topological polar surface area (TPSA) is 139 Å². The van der Waals surface area contributed by atoms with Gasteiger partial charge in [0.2, 0.25) is 0 Å². The van der Waals surface area contributed by atoms with Gasteiger partial charge in [0.1, 0.15) is 10.7 Å². The van der Waals surface area contributed by atoms with E-state index in [1.54, 1.807) is 13.1 Å². The molecule has 184 valence electrons. The summed E-state index contributed by atoms with van der Waals surface area (Å²) in [5, 5.41) is 29.3. The first-order chi connectivity index (χ1) is 16.2. The molecule has 34 heavy (non-hydrogen) atoms. The van der Waals surface area contributed by atoms with Crippen molar-refractivity contribution >= 4 is 52.4 Å². The number of carbonyl (C=O) groups is 3. The highest BCUT2D eigenvalue weighted by molar-refractivity contribution is 7.09. The van der Waals surface area contributed by atoms with Crippen molar-refractivity contribution in [1.29, 1.82) is 0 Å². The van der Waals surface area contributed by atoms with Crippen molar-refractivity contribution in [2.75, 3.05) is 19.6 Å². The van der Waals surface area contributed by atoms with Crippen LogP contribution < -0.4 is 5.32 Å². The van der Waals surface area contributed by atoms with E-state index in [9.17, 15) is 24.6 Å². The monoisotopic (exact) mass is 529 g/mol. The first-order valence-corrected chi connectivity index (χ1v) is 12.5. The zero-order valence-corrected chi connectivity index (χ0v) is 20.7. The minimum Gasteiger partial charge on any atom is -0.481 e. The lowest BCUT2D eigenvalue weighted by atomic mass is 9.89. The zero-order valence-electron chi connectivity index (χ0n) is 18.3. The molecule has 2 fully saturated rings. The number of halogens is 2. The molecule has 1 amide bonds. The lowest BCUT2D eigenvalue weighted by Gasteiger charge is -2.48. The molecule has 4 heterocycles. The molecule has 2 aliphatic heterocycles. The summed E-state index contributed by atoms with van der Waals surface area (Å²) in [6.07, 6.45) is 3.22. The Balaban J connectivity index is 1.53. The summed E-state index contributed by atoms with van der Waals surface area (Å²) in [6.45, 7) is 2.88. The van der Waals surface area contributed by atoms with Gasteiger partial charge in [0.25, 0.3) is 5.91 Å². The van der Waals surface area contributed by atoms with Crippen LogP contribution in [0.5, 0.6) is 0 Å². The minimum atomic E-state index is -1.04. The van der Waals surface area contributed by atoms with Gasteiger partial charge in [-0.1, -0.05) is 23.2 Å². The number of aliphatic carboxylic acids is 2. The maximum absolute atomic E-state index is 12.8. The van der Waals surface area contributed by atoms with E-state index in [2.05, 4.69) is 15.3 Å². The predicted octanol–water partition coefficient (Wildman–Crippen LogP) is 3.04. The van der Waals surface area contributed by atoms with E-state index in [0.29, 0.717) is 43.1 Å². The lowest BCUT2D eigenvalue weighted by molar-refractivity contribution is -0.166. The summed E-state index contributed by atoms with van der Waals surface area (Å²) >= 11 is 13.6. The number of piperidine rings is 2. The molecular weight excluding hydrogens is 505 g/mol. The molecule has 4 rings (SSSR count). The van der Waals surface area contributed by atoms with E-state index in [1.807, 2.05) is 15.4 Å². The Morgan fingerprint density at radius 1 is 1.15 bits per heavy atom. The predicted molar refractivity (Wildman–Crippen MR) is 126 cm³/mol. The van der Waals surface area contributed by atoms with Gasteiger partial charge < -0.3 is 20.5 Å². The zero-order chi connectivity index (χ0) is 24.6. The van der Waals surface area contributed by atoms with Crippen molar-refractivity contribution in [1.82, 2.24) is 25.3 Å². The molecule has 2 aliphatic rings. The van der Waals surface area contributed by atoms with Crippen LogP contribution in [0.2, 0.25) is 10.0 Å². The van der Waals surface area contributed by atoms with Crippen LogP contribution in [0.1, 0.15) is 46.5 Å². The average Bonchev–Trinajstić information content (AvgIpc) is 3.43. The number of H-pyrrole nitrogens is 1. The molecule has 4 atom stereocenters. The number of rotatable bonds is 6. The molecule has 13 heteroatoms. The van der Waals surface area contributed by atoms with Gasteiger partial charge in [-0.05, 0) is 26.2 Å². The van der Waals surface area contributed by atoms with E-state index in [1.165, 1.54) is 11.3 Å². The molecular formula is C21H25Cl2N5O5S. The number of carboxylic acid groups (broad SMARTS) is 2. The smallest absolute Gasteiger partial charge is 0.309 e. The van der Waals surface area contributed by atoms with Crippen molar-refractivity contribution < 1.29 is 24.6 Å². The Bertz CT molecular complexity index is 1080. The number of carbonyl (C=O) groups excluding carboxylic acids is 1. The summed E-state index contributed by atoms with van der Waals surface area (Å²) < 4.78 is 0. The first kappa shape index (κ1) is 24.9. The number of nitrogens with zero attached hydrogens (tertiary/aromatic N) is 3. The Hall–Kier alpha value is -2.18. The van der Waals surface area contributed by atoms with Crippen LogP contribution in [-0.2, 0) is 9.59 Å². The van der Waals surface area contributed by atoms with E-state index in [0.717, 1.165) is 0 Å². The third-order valence-corrected chi connectivity index (χ3v) is 8.29. The van der Waals surface area contributed by atoms with E-state index in [4.69, 9.17) is 23.2 Å². The van der Waals surface area contributed by atoms with Gasteiger partial charge >= 0.3 is 11.9 Å². The van der Waals surface area contributed by atoms with Crippen molar-refractivity contribution in [2.24, 2.45) is 11.8 Å². The van der Waals surface area contributed by atoms with Crippen LogP contribution in [-0.4, -0.2) is 73.7 Å². The first-order valence-electron chi connectivity index (χ1n) is 10.9. The third-order valence-electron chi connectivity index (χ3n) is 6.50. The summed E-state index contributed by atoms with van der Waals surface area (Å²) in [7, 11) is 0. The van der Waals surface area contributed by atoms with E-state index >= 15 is 0 Å². The Labute approximate surface area is 209 Å². The Morgan fingerprint density at radius 2 is 1.88 bits per heavy atom. The van der Waals surface area contributed by atoms with Crippen molar-refractivity contribution in [3.63, 3.8) is 0 Å². The molecule has 0 saturated carbocycles. The number of amides is 1. The molecule has 0 spiro atoms. The molecule has 0 radical (unpaired) electrons. The SMILES string of the molecule is Cc1[nH]c(C(=O)N[C@@H]2CCN(N3CCCC(C(=O)O)C3c3nccs3)C[C@@H]2C(=O)O)c(Cl)c1Cl. The highest BCUT2D eigenvalue weighted by Gasteiger charge is 2.44. The summed E-state index contributed by atoms with van der Waals surface area (Å²) in [4.78, 5) is 44.2. The number of nitrogens with one attached hydrogen (secondary N) is 2. The van der Waals surface area contributed by atoms with Gasteiger partial charge in [-0.3, -0.25) is 14.4 Å². The van der Waals surface area contributed by atoms with Crippen LogP contribution in [0.25, 0.3) is 0 Å². The number of hydrazine groups is 1. The van der Waals surface area contributed by atoms with Gasteiger partial charge in [0, 0.05) is 42.9 Å². The number of carboxylic acids is 2. The van der Waals surface area contributed by atoms with Gasteiger partial charge in [-0.25, -0.2) is 15.0 Å². The maximum atomic E-state index is 12.8. The average molecular weight is 530 g/mol. The summed E-state index contributed by atoms with van der Waals surface area (Å²) in [6, 6.07) is -1.09. The van der Waals surface area contributed by atoms with Gasteiger partial charge in [-0.2, -0.15) is 0 Å². The normalized spacial score (nSPS) is 26.3. The van der Waals surface area contributed by atoms with E-state index < -0.39 is 41.8 Å². The number of aryl methyl sites for hydroxylation is 1. The molecule has 2 aromatic heterocycles. The van der Waals surface area contributed by atoms with Crippen LogP contribution in [0.4, 0.5) is 0 Å². The minimum absolute atomic E-state index is 0.0971. The number of thiazole rings is 1. The molecule has 2 unspecified atom stereocenters. The molecule has 4 N–H and O–H groups in total. The van der Waals surface area contributed by atoms with E-state index in [-0.39, 0.29) is 22.3 Å². The quantitative estimate of drug-likeness (QED) is 0.447. The van der Waals surface area contributed by atoms with Crippen LogP contribution in [0, 0.1) is 18.8 Å². The second-order valence-corrected chi connectivity index (χ2v) is 10.2. The van der Waals surface area contributed by atoms with Crippen molar-refractivity contribution in [3.05, 3.63) is 38.0 Å². The van der Waals surface area contributed by atoms with Gasteiger partial charge in [-0.15, -0.1) is 11.3 Å². The molecule has 2 aromatic rings. The van der Waals surface area contributed by atoms with Gasteiger partial charge in [0.15, 0.2) is 0 Å². The molecule has 10 nitrogen and oxygen atoms in total. The standard InChI is InChI=1S/C21H25Cl2N5O5S/c1-10-14(22)15(23)16(25-10)18(29)26-13-4-7-27(9-12(13)21(32)33)28-6-2-3-11(20(30)31)17(28)19-24-5-8-34-19/h5,8,11-13,17,25H,2-4,6-7,9H2,1H3,(H,26,29)(H,30,31)(H,32,33)/t11?,12-,13+,17?/m0/s1. The highest BCUT2D eigenvalue weighted by atomic mass is 35.5. The van der Waals surface area contributed by atoms with Crippen LogP contribution in [0.3, 0.4) is 0 Å². The van der Waals surface area contributed by atoms with Crippen LogP contribution >= 0.6 is 34.5 Å². The number of hydrogen-bond acceptors (Lipinski definition) is 7. The van der Waals surface area contributed by atoms with Crippen molar-refractivity contribution in [2.45, 2.75) is 38.3 Å². The van der Waals surface area contributed by atoms with Crippen molar-refractivity contribution in [3.8, 4) is 0 Å². The molecule has 0 aromatic carbocycles. The maximum Gasteiger partial charge on any atom is 0.309 e. The molecule has 2 saturated heterocycles. The third kappa shape index (κ3) is 4.80. The fourth-order valence-corrected chi connectivity index (χ4v) is 6.02. The number of aromatic nitrogens is 2. The molecule has 0 aliphatic carbocycles. The number of hydrogen-bond donors (Lipinski definition) is 4. The van der Waals surface area contributed by atoms with Crippen LogP contribution in [0.15, 0.2) is 11.6 Å². The Kier molecular flexibility index (Phi) is 7.48. The largest absolute Gasteiger partial charge is 0.481 e. The lowest BCUT2D eigenvalue weighted by Crippen LogP contribution is -2.60. The summed E-state index contributed by atoms with van der Waals surface area (Å²) in [5.41, 5.74) is 0.646.